The number of hydrogen-bond donors (Lipinski definition) is 6. The van der Waals surface area contributed by atoms with Crippen LogP contribution in [0.15, 0.2) is 0 Å². The summed E-state index contributed by atoms with van der Waals surface area (Å²) in [6.07, 6.45) is 0. The molecule has 1 radical (unpaired) electrons. The standard InChI is InChI=1S/2C3H7NO2S.Tc/c2*4-2(1-7)3(5)6;/h2*2,7H,1,4H2,(H,5,6);/t2*2-;/m00./s1. The van der Waals surface area contributed by atoms with E-state index < -0.39 is 24.0 Å². The fraction of sp³-hybridized carbons (Fsp3) is 0.667. The van der Waals surface area contributed by atoms with E-state index in [1.807, 2.05) is 0 Å². The van der Waals surface area contributed by atoms with Crippen LogP contribution in [0.5, 0.6) is 0 Å². The normalized spacial score (nSPS) is 12.5. The number of carboxylic acid groups (broad SMARTS) is 2. The molecule has 0 aromatic heterocycles. The first-order valence-corrected chi connectivity index (χ1v) is 4.81. The maximum absolute atomic E-state index is 9.76. The van der Waals surface area contributed by atoms with Crippen molar-refractivity contribution in [2.24, 2.45) is 11.5 Å². The Hall–Kier alpha value is 0.209. The van der Waals surface area contributed by atoms with Gasteiger partial charge in [-0.05, 0) is 0 Å². The summed E-state index contributed by atoms with van der Waals surface area (Å²) >= 11 is 7.30. The molecule has 0 amide bonds. The molecule has 0 heterocycles. The van der Waals surface area contributed by atoms with Crippen molar-refractivity contribution >= 4 is 37.2 Å². The monoisotopic (exact) mass is 339 g/mol. The van der Waals surface area contributed by atoms with Crippen molar-refractivity contribution in [2.75, 3.05) is 11.5 Å². The van der Waals surface area contributed by atoms with Crippen LogP contribution < -0.4 is 11.5 Å². The van der Waals surface area contributed by atoms with Gasteiger partial charge in [0.1, 0.15) is 12.1 Å². The van der Waals surface area contributed by atoms with Crippen molar-refractivity contribution in [2.45, 2.75) is 12.1 Å². The summed E-state index contributed by atoms with van der Waals surface area (Å²) in [6, 6.07) is -1.63. The molecule has 0 saturated heterocycles. The predicted octanol–water partition coefficient (Wildman–Crippen LogP) is -1.35. The Bertz CT molecular complexity index is 176. The van der Waals surface area contributed by atoms with Crippen LogP contribution in [0.4, 0.5) is 0 Å². The van der Waals surface area contributed by atoms with E-state index in [0.717, 1.165) is 0 Å². The second-order valence-electron chi connectivity index (χ2n) is 2.25. The molecule has 91 valence electrons. The number of carbonyl (C=O) groups is 2. The zero-order valence-electron chi connectivity index (χ0n) is 7.71. The van der Waals surface area contributed by atoms with Crippen LogP contribution >= 0.6 is 25.3 Å². The Morgan fingerprint density at radius 3 is 1.20 bits per heavy atom. The van der Waals surface area contributed by atoms with Gasteiger partial charge < -0.3 is 21.7 Å². The van der Waals surface area contributed by atoms with Crippen LogP contribution in [0.1, 0.15) is 0 Å². The molecule has 15 heavy (non-hydrogen) atoms. The van der Waals surface area contributed by atoms with Crippen LogP contribution in [0.2, 0.25) is 0 Å². The van der Waals surface area contributed by atoms with Crippen molar-refractivity contribution in [3.05, 3.63) is 0 Å². The molecule has 0 rings (SSSR count). The van der Waals surface area contributed by atoms with Gasteiger partial charge in [-0.2, -0.15) is 25.3 Å². The van der Waals surface area contributed by atoms with Gasteiger partial charge in [-0.1, -0.05) is 0 Å². The molecule has 0 aliphatic heterocycles. The largest absolute Gasteiger partial charge is 0.480 e. The van der Waals surface area contributed by atoms with Crippen LogP contribution in [0.25, 0.3) is 0 Å². The second-order valence-corrected chi connectivity index (χ2v) is 2.98. The van der Waals surface area contributed by atoms with Gasteiger partial charge in [0.2, 0.25) is 0 Å². The molecule has 0 aliphatic rings. The van der Waals surface area contributed by atoms with Gasteiger partial charge >= 0.3 is 11.9 Å². The van der Waals surface area contributed by atoms with E-state index in [4.69, 9.17) is 21.7 Å². The van der Waals surface area contributed by atoms with Crippen LogP contribution in [0.3, 0.4) is 0 Å². The molecular formula is C6H14N2O4S2Tc. The number of aliphatic carboxylic acids is 2. The van der Waals surface area contributed by atoms with E-state index in [1.54, 1.807) is 0 Å². The summed E-state index contributed by atoms with van der Waals surface area (Å²) < 4.78 is 0. The summed E-state index contributed by atoms with van der Waals surface area (Å²) in [5.74, 6) is -1.63. The van der Waals surface area contributed by atoms with E-state index in [-0.39, 0.29) is 31.6 Å². The Labute approximate surface area is 112 Å². The minimum Gasteiger partial charge on any atom is -0.480 e. The molecule has 0 fully saturated rings. The smallest absolute Gasteiger partial charge is 0.321 e. The molecule has 0 spiro atoms. The zero-order chi connectivity index (χ0) is 11.7. The fourth-order valence-electron chi connectivity index (χ4n) is 0.156. The SMILES string of the molecule is N[C@@H](CS)C(=O)O.N[C@@H](CS)C(=O)O.[Tc]. The molecule has 0 unspecified atom stereocenters. The molecule has 0 aromatic rings. The zero-order valence-corrected chi connectivity index (χ0v) is 11.4. The summed E-state index contributed by atoms with van der Waals surface area (Å²) in [6.45, 7) is 0. The first-order chi connectivity index (χ1) is 6.36. The van der Waals surface area contributed by atoms with Crippen molar-refractivity contribution in [3.8, 4) is 0 Å². The van der Waals surface area contributed by atoms with Gasteiger partial charge in [0, 0.05) is 31.6 Å². The molecule has 6 nitrogen and oxygen atoms in total. The van der Waals surface area contributed by atoms with Crippen molar-refractivity contribution in [1.82, 2.24) is 0 Å². The number of nitrogens with two attached hydrogens (primary N) is 2. The third-order valence-electron chi connectivity index (χ3n) is 1.03. The number of carboxylic acids is 2. The Balaban J connectivity index is -0.000000180. The number of hydrogen-bond acceptors (Lipinski definition) is 6. The first kappa shape index (κ1) is 20.6. The van der Waals surface area contributed by atoms with Gasteiger partial charge in [0.15, 0.2) is 0 Å². The van der Waals surface area contributed by atoms with E-state index in [0.29, 0.717) is 0 Å². The minimum atomic E-state index is -1.00. The van der Waals surface area contributed by atoms with Gasteiger partial charge in [0.05, 0.1) is 0 Å². The van der Waals surface area contributed by atoms with E-state index >= 15 is 0 Å². The molecule has 0 aliphatic carbocycles. The number of thiol groups is 2. The summed E-state index contributed by atoms with van der Waals surface area (Å²) in [5, 5.41) is 16.0. The first-order valence-electron chi connectivity index (χ1n) is 3.55. The van der Waals surface area contributed by atoms with Gasteiger partial charge in [-0.25, -0.2) is 0 Å². The summed E-state index contributed by atoms with van der Waals surface area (Å²) in [5.41, 5.74) is 9.88. The van der Waals surface area contributed by atoms with E-state index in [1.165, 1.54) is 0 Å². The maximum atomic E-state index is 9.76. The average molecular weight is 340 g/mol. The van der Waals surface area contributed by atoms with Crippen LogP contribution in [0, 0.1) is 0 Å². The summed E-state index contributed by atoms with van der Waals surface area (Å²) in [7, 11) is 0. The molecule has 0 aromatic carbocycles. The Morgan fingerprint density at radius 1 is 1.00 bits per heavy atom. The summed E-state index contributed by atoms with van der Waals surface area (Å²) in [4.78, 5) is 19.5. The van der Waals surface area contributed by atoms with Gasteiger partial charge in [-0.3, -0.25) is 9.59 Å². The fourth-order valence-corrected chi connectivity index (χ4v) is 0.469. The van der Waals surface area contributed by atoms with Crippen molar-refractivity contribution in [3.63, 3.8) is 0 Å². The molecule has 0 saturated carbocycles. The average Bonchev–Trinajstić information content (AvgIpc) is 2.15. The number of rotatable bonds is 4. The third-order valence-corrected chi connectivity index (χ3v) is 1.81. The molecule has 9 heteroatoms. The predicted molar refractivity (Wildman–Crippen MR) is 58.9 cm³/mol. The second kappa shape index (κ2) is 12.3. The molecule has 0 bridgehead atoms. The van der Waals surface area contributed by atoms with Gasteiger partial charge in [0.25, 0.3) is 0 Å². The van der Waals surface area contributed by atoms with Crippen molar-refractivity contribution in [1.29, 1.82) is 0 Å². The quantitative estimate of drug-likeness (QED) is 0.352. The van der Waals surface area contributed by atoms with E-state index in [9.17, 15) is 9.59 Å². The topological polar surface area (TPSA) is 127 Å². The third kappa shape index (κ3) is 14.2. The molecule has 2 atom stereocenters. The molecular weight excluding hydrogens is 326 g/mol. The molecule has 6 N–H and O–H groups in total. The van der Waals surface area contributed by atoms with Crippen molar-refractivity contribution < 1.29 is 39.9 Å². The van der Waals surface area contributed by atoms with E-state index in [2.05, 4.69) is 25.3 Å². The van der Waals surface area contributed by atoms with Crippen LogP contribution in [-0.2, 0) is 29.7 Å². The Kier molecular flexibility index (Phi) is 16.9. The maximum Gasteiger partial charge on any atom is 0.321 e. The Morgan fingerprint density at radius 2 is 1.20 bits per heavy atom. The van der Waals surface area contributed by atoms with Crippen LogP contribution in [-0.4, -0.2) is 45.7 Å². The van der Waals surface area contributed by atoms with Gasteiger partial charge in [-0.15, -0.1) is 0 Å². The minimum absolute atomic E-state index is 0.